The van der Waals surface area contributed by atoms with Crippen molar-refractivity contribution in [2.45, 2.75) is 18.6 Å². The minimum absolute atomic E-state index is 0.794. The molecule has 0 amide bonds. The van der Waals surface area contributed by atoms with Gasteiger partial charge < -0.3 is 0 Å². The van der Waals surface area contributed by atoms with Crippen molar-refractivity contribution in [1.29, 1.82) is 0 Å². The summed E-state index contributed by atoms with van der Waals surface area (Å²) in [6.07, 6.45) is 1.26. The van der Waals surface area contributed by atoms with Gasteiger partial charge in [-0.3, -0.25) is 0 Å². The number of rotatable bonds is 2. The van der Waals surface area contributed by atoms with Crippen LogP contribution in [-0.4, -0.2) is 14.7 Å². The van der Waals surface area contributed by atoms with Crippen LogP contribution in [0.25, 0.3) is 0 Å². The molecule has 0 aliphatic rings. The maximum Gasteiger partial charge on any atom is 0.156 e. The van der Waals surface area contributed by atoms with Crippen molar-refractivity contribution >= 4 is 25.8 Å². The largest absolute Gasteiger partial charge is 0.228 e. The molecule has 0 fully saturated rings. The van der Waals surface area contributed by atoms with Crippen LogP contribution in [0.5, 0.6) is 0 Å². The van der Waals surface area contributed by atoms with E-state index in [1.165, 1.54) is 6.26 Å². The lowest BCUT2D eigenvalue weighted by molar-refractivity contribution is 0.561. The molecule has 0 aliphatic heterocycles. The van der Waals surface area contributed by atoms with Gasteiger partial charge in [-0.25, -0.2) is 8.42 Å². The molecule has 1 aromatic carbocycles. The van der Waals surface area contributed by atoms with E-state index in [-0.39, 0.29) is 0 Å². The van der Waals surface area contributed by atoms with E-state index in [2.05, 4.69) is 15.9 Å². The van der Waals surface area contributed by atoms with Crippen molar-refractivity contribution in [3.05, 3.63) is 34.3 Å². The zero-order valence-corrected chi connectivity index (χ0v) is 10.8. The van der Waals surface area contributed by atoms with Gasteiger partial charge in [-0.15, -0.1) is 0 Å². The Morgan fingerprint density at radius 3 is 2.14 bits per heavy atom. The summed E-state index contributed by atoms with van der Waals surface area (Å²) >= 11 is 3.36. The van der Waals surface area contributed by atoms with Gasteiger partial charge in [0.1, 0.15) is 0 Å². The zero-order valence-electron chi connectivity index (χ0n) is 8.41. The number of benzene rings is 1. The quantitative estimate of drug-likeness (QED) is 0.833. The summed E-state index contributed by atoms with van der Waals surface area (Å²) in [4.78, 5) is 0. The second kappa shape index (κ2) is 3.66. The highest BCUT2D eigenvalue weighted by atomic mass is 79.9. The van der Waals surface area contributed by atoms with Gasteiger partial charge in [0.2, 0.25) is 0 Å². The van der Waals surface area contributed by atoms with Crippen molar-refractivity contribution in [2.75, 3.05) is 6.26 Å². The molecule has 0 saturated heterocycles. The summed E-state index contributed by atoms with van der Waals surface area (Å²) in [6, 6.07) is 7.38. The van der Waals surface area contributed by atoms with Crippen LogP contribution in [0.15, 0.2) is 28.7 Å². The van der Waals surface area contributed by atoms with Crippen molar-refractivity contribution in [3.63, 3.8) is 0 Å². The van der Waals surface area contributed by atoms with E-state index in [1.807, 2.05) is 24.3 Å². The van der Waals surface area contributed by atoms with Gasteiger partial charge in [0.15, 0.2) is 9.84 Å². The zero-order chi connectivity index (χ0) is 11.0. The molecular formula is C10H13BrO2S. The van der Waals surface area contributed by atoms with Crippen LogP contribution in [0, 0.1) is 0 Å². The summed E-state index contributed by atoms with van der Waals surface area (Å²) in [5.41, 5.74) is 0.794. The van der Waals surface area contributed by atoms with Crippen LogP contribution in [0.2, 0.25) is 0 Å². The number of sulfone groups is 1. The number of hydrogen-bond donors (Lipinski definition) is 0. The first-order valence-electron chi connectivity index (χ1n) is 4.21. The van der Waals surface area contributed by atoms with Gasteiger partial charge in [0, 0.05) is 10.7 Å². The Bertz CT molecular complexity index is 435. The van der Waals surface area contributed by atoms with Gasteiger partial charge in [0.05, 0.1) is 4.75 Å². The predicted octanol–water partition coefficient (Wildman–Crippen LogP) is 2.73. The summed E-state index contributed by atoms with van der Waals surface area (Å²) in [5, 5.41) is 0. The van der Waals surface area contributed by atoms with Crippen molar-refractivity contribution in [3.8, 4) is 0 Å². The lowest BCUT2D eigenvalue weighted by Crippen LogP contribution is -2.28. The van der Waals surface area contributed by atoms with Gasteiger partial charge in [0.25, 0.3) is 0 Å². The van der Waals surface area contributed by atoms with E-state index in [9.17, 15) is 8.42 Å². The standard InChI is InChI=1S/C10H13BrO2S/c1-10(2,14(3,12)13)8-6-4-5-7-9(8)11/h4-7H,1-3H3. The van der Waals surface area contributed by atoms with E-state index >= 15 is 0 Å². The third kappa shape index (κ3) is 2.01. The Balaban J connectivity index is 3.38. The topological polar surface area (TPSA) is 34.1 Å². The SMILES string of the molecule is CC(C)(c1ccccc1Br)S(C)(=O)=O. The Labute approximate surface area is 93.4 Å². The molecule has 1 aromatic rings. The van der Waals surface area contributed by atoms with E-state index in [1.54, 1.807) is 13.8 Å². The molecule has 0 heterocycles. The van der Waals surface area contributed by atoms with Gasteiger partial charge >= 0.3 is 0 Å². The van der Waals surface area contributed by atoms with E-state index < -0.39 is 14.6 Å². The fraction of sp³-hybridized carbons (Fsp3) is 0.400. The molecule has 78 valence electrons. The molecule has 0 bridgehead atoms. The predicted molar refractivity (Wildman–Crippen MR) is 62.0 cm³/mol. The van der Waals surface area contributed by atoms with Gasteiger partial charge in [-0.2, -0.15) is 0 Å². The molecule has 0 radical (unpaired) electrons. The Hall–Kier alpha value is -0.350. The Morgan fingerprint density at radius 2 is 1.71 bits per heavy atom. The first-order valence-corrected chi connectivity index (χ1v) is 6.90. The van der Waals surface area contributed by atoms with Crippen molar-refractivity contribution < 1.29 is 8.42 Å². The maximum atomic E-state index is 11.6. The lowest BCUT2D eigenvalue weighted by atomic mass is 10.0. The monoisotopic (exact) mass is 276 g/mol. The van der Waals surface area contributed by atoms with Crippen LogP contribution in [-0.2, 0) is 14.6 Å². The minimum atomic E-state index is -3.11. The molecular weight excluding hydrogens is 264 g/mol. The fourth-order valence-corrected chi connectivity index (χ4v) is 2.64. The average molecular weight is 277 g/mol. The summed E-state index contributed by atoms with van der Waals surface area (Å²) in [5.74, 6) is 0. The first kappa shape index (κ1) is 11.7. The van der Waals surface area contributed by atoms with Crippen LogP contribution in [0.3, 0.4) is 0 Å². The van der Waals surface area contributed by atoms with E-state index in [0.717, 1.165) is 10.0 Å². The van der Waals surface area contributed by atoms with Crippen LogP contribution in [0.1, 0.15) is 19.4 Å². The summed E-state index contributed by atoms with van der Waals surface area (Å²) in [7, 11) is -3.11. The maximum absolute atomic E-state index is 11.6. The normalized spacial score (nSPS) is 12.9. The highest BCUT2D eigenvalue weighted by molar-refractivity contribution is 9.10. The van der Waals surface area contributed by atoms with Crippen LogP contribution < -0.4 is 0 Å². The van der Waals surface area contributed by atoms with Crippen LogP contribution in [0.4, 0.5) is 0 Å². The molecule has 0 N–H and O–H groups in total. The molecule has 2 nitrogen and oxygen atoms in total. The van der Waals surface area contributed by atoms with Crippen molar-refractivity contribution in [2.24, 2.45) is 0 Å². The highest BCUT2D eigenvalue weighted by Gasteiger charge is 2.33. The molecule has 0 aromatic heterocycles. The molecule has 1 rings (SSSR count). The Morgan fingerprint density at radius 1 is 1.21 bits per heavy atom. The fourth-order valence-electron chi connectivity index (χ4n) is 1.15. The second-order valence-electron chi connectivity index (χ2n) is 3.76. The van der Waals surface area contributed by atoms with E-state index in [4.69, 9.17) is 0 Å². The molecule has 14 heavy (non-hydrogen) atoms. The molecule has 0 saturated carbocycles. The molecule has 0 spiro atoms. The molecule has 0 atom stereocenters. The van der Waals surface area contributed by atoms with Crippen molar-refractivity contribution in [1.82, 2.24) is 0 Å². The molecule has 0 aliphatic carbocycles. The first-order chi connectivity index (χ1) is 6.27. The summed E-state index contributed by atoms with van der Waals surface area (Å²) in [6.45, 7) is 3.42. The number of halogens is 1. The van der Waals surface area contributed by atoms with Gasteiger partial charge in [-0.1, -0.05) is 34.1 Å². The third-order valence-corrected chi connectivity index (χ3v) is 5.21. The van der Waals surface area contributed by atoms with E-state index in [0.29, 0.717) is 0 Å². The number of hydrogen-bond acceptors (Lipinski definition) is 2. The molecule has 4 heteroatoms. The minimum Gasteiger partial charge on any atom is -0.228 e. The smallest absolute Gasteiger partial charge is 0.156 e. The third-order valence-electron chi connectivity index (χ3n) is 2.45. The summed E-state index contributed by atoms with van der Waals surface area (Å²) < 4.78 is 23.1. The van der Waals surface area contributed by atoms with Gasteiger partial charge in [-0.05, 0) is 25.5 Å². The second-order valence-corrected chi connectivity index (χ2v) is 7.18. The lowest BCUT2D eigenvalue weighted by Gasteiger charge is -2.24. The molecule has 0 unspecified atom stereocenters. The highest BCUT2D eigenvalue weighted by Crippen LogP contribution is 2.33. The van der Waals surface area contributed by atoms with Crippen LogP contribution >= 0.6 is 15.9 Å². The average Bonchev–Trinajstić information content (AvgIpc) is 2.02. The Kier molecular flexibility index (Phi) is 3.07.